The third-order valence-corrected chi connectivity index (χ3v) is 6.37. The zero-order valence-corrected chi connectivity index (χ0v) is 16.3. The number of carbonyl (C=O) groups is 1. The minimum Gasteiger partial charge on any atom is -0.364 e. The molecule has 2 aliphatic rings. The van der Waals surface area contributed by atoms with E-state index >= 15 is 0 Å². The number of carbonyl (C=O) groups excluding carboxylic acids is 1. The molecule has 27 heavy (non-hydrogen) atoms. The Morgan fingerprint density at radius 1 is 1.15 bits per heavy atom. The largest absolute Gasteiger partial charge is 0.364 e. The van der Waals surface area contributed by atoms with Crippen LogP contribution in [0.25, 0.3) is 0 Å². The van der Waals surface area contributed by atoms with Crippen molar-refractivity contribution in [1.29, 1.82) is 0 Å². The number of amides is 1. The molecule has 142 valence electrons. The maximum Gasteiger partial charge on any atom is 0.225 e. The number of likely N-dealkylation sites (tertiary alicyclic amines) is 1. The summed E-state index contributed by atoms with van der Waals surface area (Å²) >= 11 is 1.69. The molecule has 4 rings (SSSR count). The Bertz CT molecular complexity index is 764. The second-order valence-corrected chi connectivity index (χ2v) is 8.41. The number of hydrogen-bond acceptors (Lipinski definition) is 5. The first kappa shape index (κ1) is 18.3. The van der Waals surface area contributed by atoms with Gasteiger partial charge in [0.05, 0.1) is 12.4 Å². The maximum absolute atomic E-state index is 12.6. The van der Waals surface area contributed by atoms with Gasteiger partial charge < -0.3 is 10.2 Å². The Hall–Kier alpha value is -2.08. The van der Waals surface area contributed by atoms with Crippen molar-refractivity contribution in [2.75, 3.05) is 18.4 Å². The monoisotopic (exact) mass is 382 g/mol. The topological polar surface area (TPSA) is 58.1 Å². The van der Waals surface area contributed by atoms with E-state index in [0.29, 0.717) is 5.91 Å². The molecule has 1 aliphatic heterocycles. The Kier molecular flexibility index (Phi) is 5.92. The minimum absolute atomic E-state index is 0.263. The van der Waals surface area contributed by atoms with E-state index in [2.05, 4.69) is 39.6 Å². The minimum atomic E-state index is 0.263. The summed E-state index contributed by atoms with van der Waals surface area (Å²) in [4.78, 5) is 23.6. The molecule has 5 nitrogen and oxygen atoms in total. The molecule has 1 amide bonds. The van der Waals surface area contributed by atoms with Gasteiger partial charge in [0.25, 0.3) is 0 Å². The van der Waals surface area contributed by atoms with Crippen molar-refractivity contribution in [2.45, 2.75) is 48.9 Å². The third-order valence-electron chi connectivity index (χ3n) is 5.40. The lowest BCUT2D eigenvalue weighted by Crippen LogP contribution is -2.35. The smallest absolute Gasteiger partial charge is 0.225 e. The van der Waals surface area contributed by atoms with Crippen LogP contribution in [-0.2, 0) is 10.5 Å². The van der Waals surface area contributed by atoms with Gasteiger partial charge in [-0.25, -0.2) is 4.98 Å². The molecular weight excluding hydrogens is 356 g/mol. The Morgan fingerprint density at radius 2 is 1.96 bits per heavy atom. The van der Waals surface area contributed by atoms with Crippen LogP contribution in [0.1, 0.15) is 37.7 Å². The lowest BCUT2D eigenvalue weighted by atomic mass is 10.1. The van der Waals surface area contributed by atoms with Gasteiger partial charge in [0, 0.05) is 30.8 Å². The van der Waals surface area contributed by atoms with Crippen molar-refractivity contribution in [3.8, 4) is 0 Å². The van der Waals surface area contributed by atoms with Gasteiger partial charge in [-0.3, -0.25) is 9.78 Å². The quantitative estimate of drug-likeness (QED) is 0.766. The van der Waals surface area contributed by atoms with Crippen LogP contribution in [0.2, 0.25) is 0 Å². The van der Waals surface area contributed by atoms with E-state index in [0.717, 1.165) is 48.9 Å². The summed E-state index contributed by atoms with van der Waals surface area (Å²) in [6.45, 7) is 1.63. The van der Waals surface area contributed by atoms with Crippen molar-refractivity contribution in [2.24, 2.45) is 5.92 Å². The highest BCUT2D eigenvalue weighted by molar-refractivity contribution is 7.98. The van der Waals surface area contributed by atoms with E-state index in [4.69, 9.17) is 0 Å². The molecule has 1 aromatic carbocycles. The summed E-state index contributed by atoms with van der Waals surface area (Å²) in [6, 6.07) is 10.6. The molecule has 2 aromatic rings. The molecule has 0 radical (unpaired) electrons. The summed E-state index contributed by atoms with van der Waals surface area (Å²) in [5.41, 5.74) is 1.28. The SMILES string of the molecule is O=C(C1CCCC1)N1CCC(Nc2cncc(SCc3ccccc3)n2)C1. The van der Waals surface area contributed by atoms with E-state index in [1.807, 2.05) is 17.2 Å². The van der Waals surface area contributed by atoms with Crippen molar-refractivity contribution in [1.82, 2.24) is 14.9 Å². The molecule has 1 unspecified atom stereocenters. The molecule has 1 saturated heterocycles. The number of aromatic nitrogens is 2. The van der Waals surface area contributed by atoms with E-state index < -0.39 is 0 Å². The number of anilines is 1. The number of rotatable bonds is 6. The summed E-state index contributed by atoms with van der Waals surface area (Å²) in [5.74, 6) is 2.30. The van der Waals surface area contributed by atoms with Crippen molar-refractivity contribution < 1.29 is 4.79 Å². The van der Waals surface area contributed by atoms with E-state index in [1.54, 1.807) is 18.0 Å². The lowest BCUT2D eigenvalue weighted by molar-refractivity contribution is -0.134. The zero-order chi connectivity index (χ0) is 18.5. The summed E-state index contributed by atoms with van der Waals surface area (Å²) in [5, 5.41) is 4.39. The van der Waals surface area contributed by atoms with Crippen LogP contribution in [0.15, 0.2) is 47.8 Å². The van der Waals surface area contributed by atoms with Gasteiger partial charge in [-0.05, 0) is 24.8 Å². The van der Waals surface area contributed by atoms with Gasteiger partial charge in [0.15, 0.2) is 0 Å². The van der Waals surface area contributed by atoms with Gasteiger partial charge in [0.1, 0.15) is 10.8 Å². The van der Waals surface area contributed by atoms with E-state index in [1.165, 1.54) is 18.4 Å². The van der Waals surface area contributed by atoms with Crippen LogP contribution in [-0.4, -0.2) is 39.9 Å². The molecule has 1 N–H and O–H groups in total. The van der Waals surface area contributed by atoms with Crippen LogP contribution in [0.5, 0.6) is 0 Å². The molecule has 1 aliphatic carbocycles. The molecule has 1 atom stereocenters. The fraction of sp³-hybridized carbons (Fsp3) is 0.476. The van der Waals surface area contributed by atoms with Crippen LogP contribution >= 0.6 is 11.8 Å². The Morgan fingerprint density at radius 3 is 2.78 bits per heavy atom. The van der Waals surface area contributed by atoms with E-state index in [9.17, 15) is 4.79 Å². The third kappa shape index (κ3) is 4.80. The average molecular weight is 383 g/mol. The van der Waals surface area contributed by atoms with E-state index in [-0.39, 0.29) is 12.0 Å². The predicted octanol–water partition coefficient (Wildman–Crippen LogP) is 3.97. The van der Waals surface area contributed by atoms with Crippen molar-refractivity contribution in [3.05, 3.63) is 48.3 Å². The summed E-state index contributed by atoms with van der Waals surface area (Å²) in [7, 11) is 0. The van der Waals surface area contributed by atoms with Crippen LogP contribution in [0.3, 0.4) is 0 Å². The Labute approximate surface area is 165 Å². The number of hydrogen-bond donors (Lipinski definition) is 1. The standard InChI is InChI=1S/C21H26N4OS/c26-21(17-8-4-5-9-17)25-11-10-18(14-25)23-19-12-22-13-20(24-19)27-15-16-6-2-1-3-7-16/h1-3,6-7,12-13,17-18H,4-5,8-11,14-15H2,(H,23,24). The van der Waals surface area contributed by atoms with Crippen LogP contribution in [0, 0.1) is 5.92 Å². The average Bonchev–Trinajstić information content (AvgIpc) is 3.39. The van der Waals surface area contributed by atoms with Gasteiger partial charge in [-0.2, -0.15) is 0 Å². The molecule has 6 heteroatoms. The fourth-order valence-corrected chi connectivity index (χ4v) is 4.74. The Balaban J connectivity index is 1.30. The van der Waals surface area contributed by atoms with Crippen molar-refractivity contribution >= 4 is 23.5 Å². The van der Waals surface area contributed by atoms with Crippen LogP contribution < -0.4 is 5.32 Å². The number of thioether (sulfide) groups is 1. The number of nitrogens with one attached hydrogen (secondary N) is 1. The second kappa shape index (κ2) is 8.74. The molecule has 0 bridgehead atoms. The highest BCUT2D eigenvalue weighted by atomic mass is 32.2. The summed E-state index contributed by atoms with van der Waals surface area (Å²) < 4.78 is 0. The maximum atomic E-state index is 12.6. The molecule has 1 saturated carbocycles. The highest BCUT2D eigenvalue weighted by Crippen LogP contribution is 2.28. The summed E-state index contributed by atoms with van der Waals surface area (Å²) in [6.07, 6.45) is 9.10. The first-order valence-electron chi connectivity index (χ1n) is 9.82. The molecule has 1 aromatic heterocycles. The normalized spacial score (nSPS) is 20.1. The van der Waals surface area contributed by atoms with Gasteiger partial charge >= 0.3 is 0 Å². The zero-order valence-electron chi connectivity index (χ0n) is 15.5. The predicted molar refractivity (Wildman–Crippen MR) is 109 cm³/mol. The highest BCUT2D eigenvalue weighted by Gasteiger charge is 2.32. The first-order chi connectivity index (χ1) is 13.3. The van der Waals surface area contributed by atoms with Gasteiger partial charge in [0.2, 0.25) is 5.91 Å². The molecule has 2 heterocycles. The number of nitrogens with zero attached hydrogens (tertiary/aromatic N) is 3. The molecule has 2 fully saturated rings. The molecular formula is C21H26N4OS. The first-order valence-corrected chi connectivity index (χ1v) is 10.8. The van der Waals surface area contributed by atoms with Crippen molar-refractivity contribution in [3.63, 3.8) is 0 Å². The lowest BCUT2D eigenvalue weighted by Gasteiger charge is -2.20. The molecule has 0 spiro atoms. The van der Waals surface area contributed by atoms with Gasteiger partial charge in [-0.1, -0.05) is 43.2 Å². The number of benzene rings is 1. The second-order valence-electron chi connectivity index (χ2n) is 7.41. The fourth-order valence-electron chi connectivity index (χ4n) is 3.94. The van der Waals surface area contributed by atoms with Crippen LogP contribution in [0.4, 0.5) is 5.82 Å². The van der Waals surface area contributed by atoms with Gasteiger partial charge in [-0.15, -0.1) is 11.8 Å².